The van der Waals surface area contributed by atoms with Crippen LogP contribution in [-0.4, -0.2) is 48.2 Å². The average Bonchev–Trinajstić information content (AvgIpc) is 2.67. The molecule has 3 rings (SSSR count). The summed E-state index contributed by atoms with van der Waals surface area (Å²) in [5.74, 6) is 2.82. The summed E-state index contributed by atoms with van der Waals surface area (Å²) in [4.78, 5) is 19.5. The van der Waals surface area contributed by atoms with Crippen molar-refractivity contribution in [3.63, 3.8) is 0 Å². The lowest BCUT2D eigenvalue weighted by Crippen LogP contribution is -2.31. The molecular formula is C21H23ClN2O2S. The van der Waals surface area contributed by atoms with Gasteiger partial charge in [-0.2, -0.15) is 11.8 Å². The van der Waals surface area contributed by atoms with Gasteiger partial charge in [-0.1, -0.05) is 17.7 Å². The molecule has 6 heteroatoms. The number of nitrogens with zero attached hydrogens (tertiary/aromatic N) is 2. The highest BCUT2D eigenvalue weighted by molar-refractivity contribution is 7.99. The second-order valence-electron chi connectivity index (χ2n) is 6.52. The van der Waals surface area contributed by atoms with Crippen molar-refractivity contribution in [2.75, 3.05) is 31.2 Å². The van der Waals surface area contributed by atoms with Gasteiger partial charge in [0.2, 0.25) is 0 Å². The van der Waals surface area contributed by atoms with Crippen LogP contribution in [0.15, 0.2) is 41.4 Å². The Kier molecular flexibility index (Phi) is 6.80. The molecule has 142 valence electrons. The number of halogens is 1. The smallest absolute Gasteiger partial charge is 0.200 e. The largest absolute Gasteiger partial charge is 0.485 e. The van der Waals surface area contributed by atoms with Crippen molar-refractivity contribution in [1.29, 1.82) is 0 Å². The summed E-state index contributed by atoms with van der Waals surface area (Å²) in [5, 5.41) is 0.585. The van der Waals surface area contributed by atoms with Gasteiger partial charge >= 0.3 is 0 Å². The summed E-state index contributed by atoms with van der Waals surface area (Å²) in [6.07, 6.45) is 1.92. The van der Waals surface area contributed by atoms with E-state index in [9.17, 15) is 4.79 Å². The molecule has 2 aromatic carbocycles. The lowest BCUT2D eigenvalue weighted by atomic mass is 10.0. The highest BCUT2D eigenvalue weighted by Crippen LogP contribution is 2.24. The molecule has 1 fully saturated rings. The Morgan fingerprint density at radius 1 is 1.22 bits per heavy atom. The van der Waals surface area contributed by atoms with E-state index < -0.39 is 0 Å². The maximum atomic E-state index is 12.6. The third kappa shape index (κ3) is 5.50. The van der Waals surface area contributed by atoms with E-state index >= 15 is 0 Å². The van der Waals surface area contributed by atoms with E-state index in [0.717, 1.165) is 41.4 Å². The minimum atomic E-state index is -0.0563. The number of carbonyl (C=O) groups is 1. The monoisotopic (exact) mass is 402 g/mol. The van der Waals surface area contributed by atoms with Gasteiger partial charge < -0.3 is 9.64 Å². The molecule has 1 aliphatic rings. The van der Waals surface area contributed by atoms with E-state index in [2.05, 4.69) is 9.89 Å². The summed E-state index contributed by atoms with van der Waals surface area (Å²) in [5.41, 5.74) is 3.46. The van der Waals surface area contributed by atoms with Crippen LogP contribution in [0.4, 0.5) is 5.69 Å². The number of Topliss-reactive ketones (excluding diaryl/α,β-unsaturated/α-hetero) is 1. The van der Waals surface area contributed by atoms with E-state index in [1.165, 1.54) is 0 Å². The van der Waals surface area contributed by atoms with Crippen molar-refractivity contribution in [3.05, 3.63) is 58.1 Å². The van der Waals surface area contributed by atoms with Gasteiger partial charge in [0, 0.05) is 35.2 Å². The second-order valence-corrected chi connectivity index (χ2v) is 8.18. The van der Waals surface area contributed by atoms with Crippen LogP contribution in [0.2, 0.25) is 5.02 Å². The third-order valence-electron chi connectivity index (χ3n) is 4.42. The highest BCUT2D eigenvalue weighted by atomic mass is 35.5. The number of carbonyl (C=O) groups excluding carboxylic acids is 1. The van der Waals surface area contributed by atoms with Crippen LogP contribution in [0, 0.1) is 13.8 Å². The standard InChI is InChI=1S/C21H23ClN2O2S/c1-15-11-20(23-14-24-6-8-27-9-7-24)16(2)10-19(15)21(25)13-26-18-5-3-4-17(22)12-18/h3-5,10-12,14H,6-9,13H2,1-2H3. The molecule has 0 spiro atoms. The minimum absolute atomic E-state index is 0.0192. The predicted molar refractivity (Wildman–Crippen MR) is 114 cm³/mol. The number of rotatable bonds is 6. The van der Waals surface area contributed by atoms with Crippen molar-refractivity contribution in [1.82, 2.24) is 4.90 Å². The Bertz CT molecular complexity index is 848. The molecule has 1 aliphatic heterocycles. The molecule has 27 heavy (non-hydrogen) atoms. The van der Waals surface area contributed by atoms with Crippen LogP contribution in [-0.2, 0) is 0 Å². The molecule has 4 nitrogen and oxygen atoms in total. The lowest BCUT2D eigenvalue weighted by Gasteiger charge is -2.23. The van der Waals surface area contributed by atoms with Crippen LogP contribution in [0.1, 0.15) is 21.5 Å². The maximum Gasteiger partial charge on any atom is 0.200 e. The molecule has 1 saturated heterocycles. The lowest BCUT2D eigenvalue weighted by molar-refractivity contribution is 0.0921. The summed E-state index contributed by atoms with van der Waals surface area (Å²) in [6.45, 7) is 5.96. The van der Waals surface area contributed by atoms with Crippen molar-refractivity contribution >= 4 is 41.2 Å². The van der Waals surface area contributed by atoms with Crippen LogP contribution in [0.3, 0.4) is 0 Å². The third-order valence-corrected chi connectivity index (χ3v) is 5.59. The molecule has 2 aromatic rings. The van der Waals surface area contributed by atoms with Crippen LogP contribution < -0.4 is 4.74 Å². The van der Waals surface area contributed by atoms with Gasteiger partial charge in [-0.3, -0.25) is 4.79 Å². The fraction of sp³-hybridized carbons (Fsp3) is 0.333. The topological polar surface area (TPSA) is 41.9 Å². The first-order valence-corrected chi connectivity index (χ1v) is 10.4. The Morgan fingerprint density at radius 2 is 2.00 bits per heavy atom. The summed E-state index contributed by atoms with van der Waals surface area (Å²) in [7, 11) is 0. The molecule has 0 bridgehead atoms. The van der Waals surface area contributed by atoms with Crippen molar-refractivity contribution in [2.45, 2.75) is 13.8 Å². The number of benzene rings is 2. The predicted octanol–water partition coefficient (Wildman–Crippen LogP) is 4.93. The molecule has 0 aliphatic carbocycles. The van der Waals surface area contributed by atoms with Crippen molar-refractivity contribution < 1.29 is 9.53 Å². The Hall–Kier alpha value is -1.98. The Balaban J connectivity index is 1.68. The quantitative estimate of drug-likeness (QED) is 0.390. The number of hydrogen-bond donors (Lipinski definition) is 0. The van der Waals surface area contributed by atoms with Gasteiger partial charge in [-0.05, 0) is 55.3 Å². The second kappa shape index (κ2) is 9.29. The molecule has 0 amide bonds. The molecule has 0 aromatic heterocycles. The molecular weight excluding hydrogens is 380 g/mol. The Labute approximate surface area is 169 Å². The Morgan fingerprint density at radius 3 is 2.74 bits per heavy atom. The van der Waals surface area contributed by atoms with Crippen LogP contribution in [0.25, 0.3) is 0 Å². The average molecular weight is 403 g/mol. The summed E-state index contributed by atoms with van der Waals surface area (Å²) in [6, 6.07) is 10.9. The number of hydrogen-bond acceptors (Lipinski definition) is 4. The van der Waals surface area contributed by atoms with E-state index in [4.69, 9.17) is 16.3 Å². The van der Waals surface area contributed by atoms with E-state index in [1.54, 1.807) is 24.3 Å². The highest BCUT2D eigenvalue weighted by Gasteiger charge is 2.13. The maximum absolute atomic E-state index is 12.6. The zero-order chi connectivity index (χ0) is 19.2. The van der Waals surface area contributed by atoms with E-state index in [-0.39, 0.29) is 12.4 Å². The fourth-order valence-electron chi connectivity index (χ4n) is 2.86. The van der Waals surface area contributed by atoms with Crippen LogP contribution >= 0.6 is 23.4 Å². The van der Waals surface area contributed by atoms with Gasteiger partial charge in [0.15, 0.2) is 12.4 Å². The molecule has 0 unspecified atom stereocenters. The normalized spacial score (nSPS) is 14.6. The van der Waals surface area contributed by atoms with Crippen molar-refractivity contribution in [3.8, 4) is 5.75 Å². The number of aliphatic imine (C=N–C) groups is 1. The van der Waals surface area contributed by atoms with E-state index in [1.807, 2.05) is 44.1 Å². The molecule has 0 radical (unpaired) electrons. The number of ether oxygens (including phenoxy) is 1. The summed E-state index contributed by atoms with van der Waals surface area (Å²) < 4.78 is 5.58. The van der Waals surface area contributed by atoms with E-state index in [0.29, 0.717) is 16.3 Å². The number of aryl methyl sites for hydroxylation is 2. The minimum Gasteiger partial charge on any atom is -0.485 e. The molecule has 0 atom stereocenters. The molecule has 1 heterocycles. The first-order chi connectivity index (χ1) is 13.0. The molecule has 0 N–H and O–H groups in total. The molecule has 0 saturated carbocycles. The fourth-order valence-corrected chi connectivity index (χ4v) is 3.97. The van der Waals surface area contributed by atoms with Gasteiger partial charge in [0.1, 0.15) is 5.75 Å². The van der Waals surface area contributed by atoms with Gasteiger partial charge in [0.05, 0.1) is 12.0 Å². The SMILES string of the molecule is Cc1cc(C(=O)COc2cccc(Cl)c2)c(C)cc1N=CN1CCSCC1. The number of ketones is 1. The zero-order valence-corrected chi connectivity index (χ0v) is 17.1. The van der Waals surface area contributed by atoms with Crippen molar-refractivity contribution in [2.24, 2.45) is 4.99 Å². The zero-order valence-electron chi connectivity index (χ0n) is 15.6. The summed E-state index contributed by atoms with van der Waals surface area (Å²) >= 11 is 7.92. The van der Waals surface area contributed by atoms with Gasteiger partial charge in [-0.15, -0.1) is 0 Å². The number of thioether (sulfide) groups is 1. The van der Waals surface area contributed by atoms with Gasteiger partial charge in [-0.25, -0.2) is 4.99 Å². The first-order valence-electron chi connectivity index (χ1n) is 8.92. The van der Waals surface area contributed by atoms with Crippen LogP contribution in [0.5, 0.6) is 5.75 Å². The van der Waals surface area contributed by atoms with Gasteiger partial charge in [0.25, 0.3) is 0 Å². The first kappa shape index (κ1) is 19.8.